The van der Waals surface area contributed by atoms with Crippen LogP contribution in [0.5, 0.6) is 5.75 Å². The lowest BCUT2D eigenvalue weighted by Gasteiger charge is -2.08. The molecule has 0 unspecified atom stereocenters. The Morgan fingerprint density at radius 2 is 1.67 bits per heavy atom. The number of hydrogen-bond acceptors (Lipinski definition) is 4. The van der Waals surface area contributed by atoms with Crippen molar-refractivity contribution in [3.63, 3.8) is 0 Å². The summed E-state index contributed by atoms with van der Waals surface area (Å²) in [4.78, 5) is 27.7. The molecule has 0 bridgehead atoms. The maximum absolute atomic E-state index is 12.4. The molecule has 6 heteroatoms. The molecule has 2 N–H and O–H groups in total. The number of esters is 1. The zero-order chi connectivity index (χ0) is 20.9. The number of hydrogen-bond donors (Lipinski definition) is 2. The average Bonchev–Trinajstić information content (AvgIpc) is 3.23. The van der Waals surface area contributed by atoms with Crippen LogP contribution >= 0.6 is 0 Å². The third-order valence-electron chi connectivity index (χ3n) is 4.68. The van der Waals surface area contributed by atoms with Gasteiger partial charge in [0.2, 0.25) is 0 Å². The molecule has 0 radical (unpaired) electrons. The van der Waals surface area contributed by atoms with Gasteiger partial charge in [-0.05, 0) is 54.1 Å². The van der Waals surface area contributed by atoms with Gasteiger partial charge in [-0.3, -0.25) is 4.79 Å². The number of anilines is 1. The SMILES string of the molecule is COc1ccc(NC(=O)c2ccc(COC(=O)c3cc4ccccc4[nH]3)cc2)cc1. The van der Waals surface area contributed by atoms with Crippen LogP contribution in [0.3, 0.4) is 0 Å². The van der Waals surface area contributed by atoms with Crippen molar-refractivity contribution in [2.45, 2.75) is 6.61 Å². The number of H-pyrrole nitrogens is 1. The Labute approximate surface area is 173 Å². The lowest BCUT2D eigenvalue weighted by atomic mass is 10.1. The summed E-state index contributed by atoms with van der Waals surface area (Å²) in [5, 5.41) is 3.78. The molecular formula is C24H20N2O4. The van der Waals surface area contributed by atoms with E-state index in [0.29, 0.717) is 16.9 Å². The summed E-state index contributed by atoms with van der Waals surface area (Å²) in [6.45, 7) is 0.120. The van der Waals surface area contributed by atoms with Gasteiger partial charge < -0.3 is 19.8 Å². The second kappa shape index (κ2) is 8.53. The summed E-state index contributed by atoms with van der Waals surface area (Å²) in [7, 11) is 1.59. The third-order valence-corrected chi connectivity index (χ3v) is 4.68. The zero-order valence-corrected chi connectivity index (χ0v) is 16.3. The van der Waals surface area contributed by atoms with E-state index in [0.717, 1.165) is 22.2 Å². The molecule has 150 valence electrons. The van der Waals surface area contributed by atoms with Crippen molar-refractivity contribution < 1.29 is 19.1 Å². The van der Waals surface area contributed by atoms with E-state index < -0.39 is 5.97 Å². The van der Waals surface area contributed by atoms with Crippen LogP contribution in [0.15, 0.2) is 78.9 Å². The molecule has 1 heterocycles. The van der Waals surface area contributed by atoms with E-state index in [1.807, 2.05) is 24.3 Å². The van der Waals surface area contributed by atoms with Gasteiger partial charge in [0.05, 0.1) is 7.11 Å². The highest BCUT2D eigenvalue weighted by Crippen LogP contribution is 2.17. The van der Waals surface area contributed by atoms with Gasteiger partial charge in [-0.1, -0.05) is 30.3 Å². The number of ether oxygens (including phenoxy) is 2. The Morgan fingerprint density at radius 3 is 2.37 bits per heavy atom. The molecule has 0 atom stereocenters. The quantitative estimate of drug-likeness (QED) is 0.456. The minimum absolute atomic E-state index is 0.120. The molecule has 4 aromatic rings. The van der Waals surface area contributed by atoms with E-state index in [9.17, 15) is 9.59 Å². The number of carbonyl (C=O) groups excluding carboxylic acids is 2. The van der Waals surface area contributed by atoms with Crippen molar-refractivity contribution in [2.75, 3.05) is 12.4 Å². The van der Waals surface area contributed by atoms with Crippen molar-refractivity contribution in [1.82, 2.24) is 4.98 Å². The first-order chi connectivity index (χ1) is 14.6. The molecule has 0 aliphatic heterocycles. The molecule has 0 spiro atoms. The molecule has 1 amide bonds. The number of para-hydroxylation sites is 1. The summed E-state index contributed by atoms with van der Waals surface area (Å²) >= 11 is 0. The molecular weight excluding hydrogens is 380 g/mol. The standard InChI is InChI=1S/C24H20N2O4/c1-29-20-12-10-19(11-13-20)25-23(27)17-8-6-16(7-9-17)15-30-24(28)22-14-18-4-2-3-5-21(18)26-22/h2-14,26H,15H2,1H3,(H,25,27). The second-order valence-corrected chi connectivity index (χ2v) is 6.73. The molecule has 0 aliphatic rings. The number of benzene rings is 3. The first-order valence-electron chi connectivity index (χ1n) is 9.41. The molecule has 0 saturated carbocycles. The smallest absolute Gasteiger partial charge is 0.355 e. The largest absolute Gasteiger partial charge is 0.497 e. The predicted molar refractivity (Wildman–Crippen MR) is 115 cm³/mol. The van der Waals surface area contributed by atoms with Gasteiger partial charge in [0.1, 0.15) is 18.1 Å². The van der Waals surface area contributed by atoms with Crippen LogP contribution in [-0.4, -0.2) is 24.0 Å². The minimum Gasteiger partial charge on any atom is -0.497 e. The van der Waals surface area contributed by atoms with Gasteiger partial charge in [0, 0.05) is 22.2 Å². The fraction of sp³-hybridized carbons (Fsp3) is 0.0833. The Bertz CT molecular complexity index is 1150. The van der Waals surface area contributed by atoms with Crippen LogP contribution < -0.4 is 10.1 Å². The molecule has 3 aromatic carbocycles. The molecule has 0 saturated heterocycles. The van der Waals surface area contributed by atoms with Crippen LogP contribution in [0.4, 0.5) is 5.69 Å². The zero-order valence-electron chi connectivity index (χ0n) is 16.3. The Kier molecular flexibility index (Phi) is 5.48. The van der Waals surface area contributed by atoms with Crippen LogP contribution in [0.2, 0.25) is 0 Å². The van der Waals surface area contributed by atoms with Crippen molar-refractivity contribution >= 4 is 28.5 Å². The highest BCUT2D eigenvalue weighted by Gasteiger charge is 2.11. The Morgan fingerprint density at radius 1 is 0.933 bits per heavy atom. The molecule has 0 aliphatic carbocycles. The average molecular weight is 400 g/mol. The van der Waals surface area contributed by atoms with E-state index in [-0.39, 0.29) is 12.5 Å². The molecule has 1 aromatic heterocycles. The topological polar surface area (TPSA) is 80.4 Å². The van der Waals surface area contributed by atoms with Crippen LogP contribution in [-0.2, 0) is 11.3 Å². The number of aromatic amines is 1. The van der Waals surface area contributed by atoms with Gasteiger partial charge in [0.25, 0.3) is 5.91 Å². The first kappa shape index (κ1) is 19.3. The van der Waals surface area contributed by atoms with Crippen molar-refractivity contribution in [2.24, 2.45) is 0 Å². The van der Waals surface area contributed by atoms with Crippen molar-refractivity contribution in [3.05, 3.63) is 95.7 Å². The summed E-state index contributed by atoms with van der Waals surface area (Å²) in [6, 6.07) is 23.4. The fourth-order valence-electron chi connectivity index (χ4n) is 3.04. The lowest BCUT2D eigenvalue weighted by Crippen LogP contribution is -2.12. The van der Waals surface area contributed by atoms with E-state index in [1.165, 1.54) is 0 Å². The number of methoxy groups -OCH3 is 1. The van der Waals surface area contributed by atoms with Gasteiger partial charge in [-0.25, -0.2) is 4.79 Å². The molecule has 4 rings (SSSR count). The van der Waals surface area contributed by atoms with Crippen molar-refractivity contribution in [3.8, 4) is 5.75 Å². The highest BCUT2D eigenvalue weighted by molar-refractivity contribution is 6.04. The third kappa shape index (κ3) is 4.33. The van der Waals surface area contributed by atoms with Gasteiger partial charge >= 0.3 is 5.97 Å². The molecule has 30 heavy (non-hydrogen) atoms. The molecule has 0 fully saturated rings. The summed E-state index contributed by atoms with van der Waals surface area (Å²) in [6.07, 6.45) is 0. The number of amides is 1. The van der Waals surface area contributed by atoms with Gasteiger partial charge in [-0.2, -0.15) is 0 Å². The normalized spacial score (nSPS) is 10.6. The number of rotatable bonds is 6. The number of aromatic nitrogens is 1. The van der Waals surface area contributed by atoms with E-state index in [1.54, 1.807) is 61.7 Å². The number of carbonyl (C=O) groups is 2. The number of fused-ring (bicyclic) bond motifs is 1. The monoisotopic (exact) mass is 400 g/mol. The maximum atomic E-state index is 12.4. The first-order valence-corrected chi connectivity index (χ1v) is 9.41. The summed E-state index contributed by atoms with van der Waals surface area (Å²) in [5.74, 6) is 0.0775. The van der Waals surface area contributed by atoms with Crippen LogP contribution in [0.25, 0.3) is 10.9 Å². The minimum atomic E-state index is -0.424. The summed E-state index contributed by atoms with van der Waals surface area (Å²) in [5.41, 5.74) is 3.28. The van der Waals surface area contributed by atoms with E-state index in [2.05, 4.69) is 10.3 Å². The van der Waals surface area contributed by atoms with Gasteiger partial charge in [0.15, 0.2) is 0 Å². The second-order valence-electron chi connectivity index (χ2n) is 6.73. The summed E-state index contributed by atoms with van der Waals surface area (Å²) < 4.78 is 10.5. The molecule has 6 nitrogen and oxygen atoms in total. The highest BCUT2D eigenvalue weighted by atomic mass is 16.5. The van der Waals surface area contributed by atoms with Gasteiger partial charge in [-0.15, -0.1) is 0 Å². The van der Waals surface area contributed by atoms with Crippen LogP contribution in [0.1, 0.15) is 26.4 Å². The van der Waals surface area contributed by atoms with Crippen LogP contribution in [0, 0.1) is 0 Å². The van der Waals surface area contributed by atoms with E-state index in [4.69, 9.17) is 9.47 Å². The predicted octanol–water partition coefficient (Wildman–Crippen LogP) is 4.79. The number of nitrogens with one attached hydrogen (secondary N) is 2. The lowest BCUT2D eigenvalue weighted by molar-refractivity contribution is 0.0466. The fourth-order valence-corrected chi connectivity index (χ4v) is 3.04. The Balaban J connectivity index is 1.34. The Hall–Kier alpha value is -4.06. The van der Waals surface area contributed by atoms with Crippen molar-refractivity contribution in [1.29, 1.82) is 0 Å². The maximum Gasteiger partial charge on any atom is 0.355 e. The van der Waals surface area contributed by atoms with E-state index >= 15 is 0 Å².